The second-order valence-corrected chi connectivity index (χ2v) is 5.95. The zero-order chi connectivity index (χ0) is 13.1. The van der Waals surface area contributed by atoms with Gasteiger partial charge in [-0.3, -0.25) is 0 Å². The molecule has 2 heterocycles. The Morgan fingerprint density at radius 2 is 2.16 bits per heavy atom. The number of aromatic nitrogens is 5. The van der Waals surface area contributed by atoms with Gasteiger partial charge in [-0.15, -0.1) is 5.10 Å². The average Bonchev–Trinajstić information content (AvgIpc) is 3.08. The SMILES string of the molecule is Clc1ccc(CSc2nnnn2C2CCCC2)cn1. The third-order valence-corrected chi connectivity index (χ3v) is 4.52. The third-order valence-electron chi connectivity index (χ3n) is 3.29. The summed E-state index contributed by atoms with van der Waals surface area (Å²) in [5, 5.41) is 13.4. The first-order valence-electron chi connectivity index (χ1n) is 6.34. The molecule has 0 N–H and O–H groups in total. The van der Waals surface area contributed by atoms with Crippen molar-refractivity contribution in [3.63, 3.8) is 0 Å². The second kappa shape index (κ2) is 5.88. The number of hydrogen-bond acceptors (Lipinski definition) is 5. The Hall–Kier alpha value is -1.14. The lowest BCUT2D eigenvalue weighted by atomic mass is 10.3. The van der Waals surface area contributed by atoms with Gasteiger partial charge >= 0.3 is 0 Å². The van der Waals surface area contributed by atoms with Crippen LogP contribution >= 0.6 is 23.4 Å². The van der Waals surface area contributed by atoms with Crippen LogP contribution in [0.5, 0.6) is 0 Å². The van der Waals surface area contributed by atoms with Crippen LogP contribution in [0.1, 0.15) is 37.3 Å². The van der Waals surface area contributed by atoms with E-state index in [-0.39, 0.29) is 0 Å². The van der Waals surface area contributed by atoms with Crippen LogP contribution in [-0.4, -0.2) is 25.2 Å². The smallest absolute Gasteiger partial charge is 0.209 e. The fraction of sp³-hybridized carbons (Fsp3) is 0.500. The van der Waals surface area contributed by atoms with Gasteiger partial charge in [0, 0.05) is 11.9 Å². The summed E-state index contributed by atoms with van der Waals surface area (Å²) in [5.74, 6) is 0.803. The highest BCUT2D eigenvalue weighted by Gasteiger charge is 2.21. The Balaban J connectivity index is 1.66. The van der Waals surface area contributed by atoms with Crippen LogP contribution < -0.4 is 0 Å². The van der Waals surface area contributed by atoms with E-state index in [2.05, 4.69) is 20.5 Å². The van der Waals surface area contributed by atoms with Crippen LogP contribution in [-0.2, 0) is 5.75 Å². The zero-order valence-corrected chi connectivity index (χ0v) is 11.9. The predicted octanol–water partition coefficient (Wildman–Crippen LogP) is 3.13. The molecule has 0 aromatic carbocycles. The minimum atomic E-state index is 0.473. The highest BCUT2D eigenvalue weighted by atomic mass is 35.5. The van der Waals surface area contributed by atoms with Crippen molar-refractivity contribution in [2.45, 2.75) is 42.6 Å². The molecule has 0 amide bonds. The molecule has 7 heteroatoms. The number of halogens is 1. The maximum Gasteiger partial charge on any atom is 0.209 e. The molecule has 0 saturated heterocycles. The molecule has 5 nitrogen and oxygen atoms in total. The van der Waals surface area contributed by atoms with E-state index in [4.69, 9.17) is 11.6 Å². The summed E-state index contributed by atoms with van der Waals surface area (Å²) < 4.78 is 1.97. The summed E-state index contributed by atoms with van der Waals surface area (Å²) in [6.45, 7) is 0. The minimum Gasteiger partial charge on any atom is -0.244 e. The van der Waals surface area contributed by atoms with Gasteiger partial charge in [0.15, 0.2) is 0 Å². The highest BCUT2D eigenvalue weighted by molar-refractivity contribution is 7.98. The molecule has 3 rings (SSSR count). The predicted molar refractivity (Wildman–Crippen MR) is 74.1 cm³/mol. The van der Waals surface area contributed by atoms with Crippen LogP contribution in [0.4, 0.5) is 0 Å². The quantitative estimate of drug-likeness (QED) is 0.641. The Bertz CT molecular complexity index is 535. The molecule has 0 atom stereocenters. The Morgan fingerprint density at radius 3 is 2.89 bits per heavy atom. The van der Waals surface area contributed by atoms with Crippen molar-refractivity contribution in [2.24, 2.45) is 0 Å². The van der Waals surface area contributed by atoms with Crippen molar-refractivity contribution in [1.29, 1.82) is 0 Å². The Morgan fingerprint density at radius 1 is 1.32 bits per heavy atom. The molecule has 0 radical (unpaired) electrons. The Labute approximate surface area is 120 Å². The number of hydrogen-bond donors (Lipinski definition) is 0. The Kier molecular flexibility index (Phi) is 3.98. The van der Waals surface area contributed by atoms with Gasteiger partial charge in [0.25, 0.3) is 0 Å². The maximum atomic E-state index is 5.77. The molecule has 1 saturated carbocycles. The van der Waals surface area contributed by atoms with Crippen LogP contribution in [0.3, 0.4) is 0 Å². The molecule has 2 aromatic rings. The lowest BCUT2D eigenvalue weighted by Gasteiger charge is -2.10. The van der Waals surface area contributed by atoms with E-state index >= 15 is 0 Å². The lowest BCUT2D eigenvalue weighted by molar-refractivity contribution is 0.423. The van der Waals surface area contributed by atoms with Crippen molar-refractivity contribution >= 4 is 23.4 Å². The molecule has 0 bridgehead atoms. The normalized spacial score (nSPS) is 16.1. The van der Waals surface area contributed by atoms with Gasteiger partial charge < -0.3 is 0 Å². The highest BCUT2D eigenvalue weighted by Crippen LogP contribution is 2.32. The van der Waals surface area contributed by atoms with E-state index in [1.807, 2.05) is 10.7 Å². The minimum absolute atomic E-state index is 0.473. The van der Waals surface area contributed by atoms with Gasteiger partial charge in [-0.05, 0) is 34.9 Å². The van der Waals surface area contributed by atoms with E-state index in [1.165, 1.54) is 25.7 Å². The number of nitrogens with zero attached hydrogens (tertiary/aromatic N) is 5. The molecule has 1 fully saturated rings. The van der Waals surface area contributed by atoms with Crippen molar-refractivity contribution in [1.82, 2.24) is 25.2 Å². The summed E-state index contributed by atoms with van der Waals surface area (Å²) in [7, 11) is 0. The van der Waals surface area contributed by atoms with Crippen LogP contribution in [0.2, 0.25) is 5.15 Å². The van der Waals surface area contributed by atoms with Gasteiger partial charge in [-0.2, -0.15) is 0 Å². The van der Waals surface area contributed by atoms with Gasteiger partial charge in [-0.1, -0.05) is 42.3 Å². The molecule has 100 valence electrons. The molecule has 2 aromatic heterocycles. The van der Waals surface area contributed by atoms with Gasteiger partial charge in [0.1, 0.15) is 5.15 Å². The van der Waals surface area contributed by atoms with E-state index < -0.39 is 0 Å². The largest absolute Gasteiger partial charge is 0.244 e. The van der Waals surface area contributed by atoms with Crippen molar-refractivity contribution < 1.29 is 0 Å². The van der Waals surface area contributed by atoms with E-state index in [1.54, 1.807) is 24.0 Å². The van der Waals surface area contributed by atoms with Gasteiger partial charge in [-0.25, -0.2) is 9.67 Å². The zero-order valence-electron chi connectivity index (χ0n) is 10.4. The molecule has 0 aliphatic heterocycles. The second-order valence-electron chi connectivity index (χ2n) is 4.62. The molecular formula is C12H14ClN5S. The van der Waals surface area contributed by atoms with Crippen molar-refractivity contribution in [2.75, 3.05) is 0 Å². The number of thioether (sulfide) groups is 1. The number of pyridine rings is 1. The van der Waals surface area contributed by atoms with E-state index in [0.29, 0.717) is 11.2 Å². The summed E-state index contributed by atoms with van der Waals surface area (Å²) in [6.07, 6.45) is 6.70. The summed E-state index contributed by atoms with van der Waals surface area (Å²) in [4.78, 5) is 4.07. The van der Waals surface area contributed by atoms with E-state index in [9.17, 15) is 0 Å². The monoisotopic (exact) mass is 295 g/mol. The van der Waals surface area contributed by atoms with Gasteiger partial charge in [0.2, 0.25) is 5.16 Å². The molecule has 0 spiro atoms. The van der Waals surface area contributed by atoms with Crippen molar-refractivity contribution in [3.8, 4) is 0 Å². The van der Waals surface area contributed by atoms with Gasteiger partial charge in [0.05, 0.1) is 6.04 Å². The standard InChI is InChI=1S/C12H14ClN5S/c13-11-6-5-9(7-14-11)8-19-12-15-16-17-18(12)10-3-1-2-4-10/h5-7,10H,1-4,8H2. The van der Waals surface area contributed by atoms with Crippen molar-refractivity contribution in [3.05, 3.63) is 29.0 Å². The average molecular weight is 296 g/mol. The maximum absolute atomic E-state index is 5.77. The van der Waals surface area contributed by atoms with Crippen LogP contribution in [0.25, 0.3) is 0 Å². The summed E-state index contributed by atoms with van der Waals surface area (Å²) in [6, 6.07) is 4.25. The molecule has 19 heavy (non-hydrogen) atoms. The molecule has 1 aliphatic carbocycles. The van der Waals surface area contributed by atoms with Crippen LogP contribution in [0, 0.1) is 0 Å². The summed E-state index contributed by atoms with van der Waals surface area (Å²) in [5.41, 5.74) is 1.12. The van der Waals surface area contributed by atoms with E-state index in [0.717, 1.165) is 16.5 Å². The topological polar surface area (TPSA) is 56.5 Å². The third kappa shape index (κ3) is 3.06. The molecule has 0 unspecified atom stereocenters. The number of tetrazole rings is 1. The van der Waals surface area contributed by atoms with Crippen LogP contribution in [0.15, 0.2) is 23.5 Å². The summed E-state index contributed by atoms with van der Waals surface area (Å²) >= 11 is 7.41. The first kappa shape index (κ1) is 12.9. The first-order valence-corrected chi connectivity index (χ1v) is 7.70. The number of rotatable bonds is 4. The lowest BCUT2D eigenvalue weighted by Crippen LogP contribution is -2.08. The fourth-order valence-corrected chi connectivity index (χ4v) is 3.29. The molecular weight excluding hydrogens is 282 g/mol. The fourth-order valence-electron chi connectivity index (χ4n) is 2.30. The molecule has 1 aliphatic rings. The first-order chi connectivity index (χ1) is 9.33.